The molecule has 7 nitrogen and oxygen atoms in total. The fraction of sp³-hybridized carbons (Fsp3) is 0.455. The number of rotatable bonds is 4. The standard InChI is InChI=1S/C11H12N4O3S/c16-11(17)7-2-1-6(18-7)3-19-10-8-9(13-4-12-8)14-5-15-10/h4-7H,1-3H2,(H,16,17)(H,12,13,14,15). The van der Waals surface area contributed by atoms with Gasteiger partial charge in [0.1, 0.15) is 16.9 Å². The molecule has 0 spiro atoms. The normalized spacial score (nSPS) is 22.9. The summed E-state index contributed by atoms with van der Waals surface area (Å²) in [6.45, 7) is 0. The van der Waals surface area contributed by atoms with Crippen molar-refractivity contribution in [1.82, 2.24) is 19.9 Å². The first-order valence-corrected chi connectivity index (χ1v) is 6.88. The first-order chi connectivity index (χ1) is 9.24. The van der Waals surface area contributed by atoms with Crippen LogP contribution in [0, 0.1) is 0 Å². The minimum Gasteiger partial charge on any atom is -0.479 e. The number of carbonyl (C=O) groups is 1. The molecule has 19 heavy (non-hydrogen) atoms. The first kappa shape index (κ1) is 12.4. The van der Waals surface area contributed by atoms with Gasteiger partial charge in [0.25, 0.3) is 0 Å². The van der Waals surface area contributed by atoms with Gasteiger partial charge in [-0.1, -0.05) is 0 Å². The molecule has 3 rings (SSSR count). The van der Waals surface area contributed by atoms with Gasteiger partial charge in [-0.15, -0.1) is 11.8 Å². The topological polar surface area (TPSA) is 101 Å². The number of fused-ring (bicyclic) bond motifs is 1. The molecular weight excluding hydrogens is 268 g/mol. The Labute approximate surface area is 112 Å². The Hall–Kier alpha value is -1.67. The lowest BCUT2D eigenvalue weighted by molar-refractivity contribution is -0.148. The second-order valence-corrected chi connectivity index (χ2v) is 5.26. The number of aromatic amines is 1. The second kappa shape index (κ2) is 5.14. The molecule has 0 aromatic carbocycles. The third-order valence-electron chi connectivity index (χ3n) is 2.98. The number of aliphatic carboxylic acids is 1. The van der Waals surface area contributed by atoms with Crippen molar-refractivity contribution in [3.05, 3.63) is 12.7 Å². The predicted octanol–water partition coefficient (Wildman–Crippen LogP) is 1.08. The number of ether oxygens (including phenoxy) is 1. The van der Waals surface area contributed by atoms with Crippen molar-refractivity contribution in [1.29, 1.82) is 0 Å². The monoisotopic (exact) mass is 280 g/mol. The Morgan fingerprint density at radius 2 is 2.37 bits per heavy atom. The van der Waals surface area contributed by atoms with Gasteiger partial charge in [0.2, 0.25) is 0 Å². The summed E-state index contributed by atoms with van der Waals surface area (Å²) in [6, 6.07) is 0. The molecule has 2 unspecified atom stereocenters. The zero-order valence-corrected chi connectivity index (χ0v) is 10.8. The average Bonchev–Trinajstić information content (AvgIpc) is 3.05. The van der Waals surface area contributed by atoms with Gasteiger partial charge in [-0.25, -0.2) is 19.7 Å². The average molecular weight is 280 g/mol. The molecule has 1 aliphatic heterocycles. The zero-order valence-electron chi connectivity index (χ0n) is 9.94. The number of thioether (sulfide) groups is 1. The quantitative estimate of drug-likeness (QED) is 0.638. The van der Waals surface area contributed by atoms with Crippen molar-refractivity contribution in [3.8, 4) is 0 Å². The number of hydrogen-bond acceptors (Lipinski definition) is 6. The lowest BCUT2D eigenvalue weighted by Gasteiger charge is -2.10. The number of aromatic nitrogens is 4. The maximum Gasteiger partial charge on any atom is 0.332 e. The van der Waals surface area contributed by atoms with Gasteiger partial charge in [0, 0.05) is 5.75 Å². The molecule has 1 aliphatic rings. The predicted molar refractivity (Wildman–Crippen MR) is 67.9 cm³/mol. The SMILES string of the molecule is O=C(O)C1CCC(CSc2ncnc3nc[nH]c23)O1. The molecule has 2 N–H and O–H groups in total. The molecule has 8 heteroatoms. The van der Waals surface area contributed by atoms with Crippen LogP contribution in [0.4, 0.5) is 0 Å². The van der Waals surface area contributed by atoms with Crippen LogP contribution in [0.2, 0.25) is 0 Å². The summed E-state index contributed by atoms with van der Waals surface area (Å²) in [5, 5.41) is 9.67. The number of nitrogens with one attached hydrogen (secondary N) is 1. The van der Waals surface area contributed by atoms with Crippen LogP contribution in [-0.4, -0.2) is 49.0 Å². The van der Waals surface area contributed by atoms with Gasteiger partial charge in [-0.3, -0.25) is 0 Å². The van der Waals surface area contributed by atoms with Crippen LogP contribution in [0.1, 0.15) is 12.8 Å². The minimum absolute atomic E-state index is 0.0426. The smallest absolute Gasteiger partial charge is 0.332 e. The van der Waals surface area contributed by atoms with Crippen LogP contribution in [0.15, 0.2) is 17.7 Å². The fourth-order valence-electron chi connectivity index (χ4n) is 2.03. The van der Waals surface area contributed by atoms with Gasteiger partial charge in [-0.2, -0.15) is 0 Å². The summed E-state index contributed by atoms with van der Waals surface area (Å²) >= 11 is 1.53. The van der Waals surface area contributed by atoms with Gasteiger partial charge in [0.05, 0.1) is 12.4 Å². The van der Waals surface area contributed by atoms with Crippen LogP contribution in [0.3, 0.4) is 0 Å². The third-order valence-corrected chi connectivity index (χ3v) is 4.10. The summed E-state index contributed by atoms with van der Waals surface area (Å²) in [4.78, 5) is 26.1. The molecule has 1 saturated heterocycles. The fourth-order valence-corrected chi connectivity index (χ4v) is 3.04. The second-order valence-electron chi connectivity index (χ2n) is 4.25. The van der Waals surface area contributed by atoms with Crippen molar-refractivity contribution in [3.63, 3.8) is 0 Å². The number of carboxylic acids is 1. The van der Waals surface area contributed by atoms with E-state index >= 15 is 0 Å². The molecule has 2 atom stereocenters. The molecule has 0 radical (unpaired) electrons. The Bertz CT molecular complexity index is 602. The summed E-state index contributed by atoms with van der Waals surface area (Å²) in [5.74, 6) is -0.208. The molecule has 0 aliphatic carbocycles. The van der Waals surface area contributed by atoms with Gasteiger partial charge in [-0.05, 0) is 12.8 Å². The van der Waals surface area contributed by atoms with E-state index in [2.05, 4.69) is 19.9 Å². The van der Waals surface area contributed by atoms with E-state index in [9.17, 15) is 4.79 Å². The zero-order chi connectivity index (χ0) is 13.2. The highest BCUT2D eigenvalue weighted by Gasteiger charge is 2.30. The highest BCUT2D eigenvalue weighted by atomic mass is 32.2. The minimum atomic E-state index is -0.884. The molecule has 0 amide bonds. The molecule has 2 aromatic heterocycles. The van der Waals surface area contributed by atoms with E-state index in [1.54, 1.807) is 6.33 Å². The van der Waals surface area contributed by atoms with Crippen molar-refractivity contribution >= 4 is 28.9 Å². The number of H-pyrrole nitrogens is 1. The van der Waals surface area contributed by atoms with E-state index in [0.717, 1.165) is 17.0 Å². The van der Waals surface area contributed by atoms with Gasteiger partial charge in [0.15, 0.2) is 11.8 Å². The number of carboxylic acid groups (broad SMARTS) is 1. The van der Waals surface area contributed by atoms with E-state index in [1.807, 2.05) is 0 Å². The summed E-state index contributed by atoms with van der Waals surface area (Å²) in [5.41, 5.74) is 1.44. The summed E-state index contributed by atoms with van der Waals surface area (Å²) in [7, 11) is 0. The van der Waals surface area contributed by atoms with Crippen molar-refractivity contribution < 1.29 is 14.6 Å². The van der Waals surface area contributed by atoms with E-state index < -0.39 is 12.1 Å². The molecule has 1 fully saturated rings. The van der Waals surface area contributed by atoms with Crippen LogP contribution >= 0.6 is 11.8 Å². The van der Waals surface area contributed by atoms with E-state index in [0.29, 0.717) is 17.8 Å². The van der Waals surface area contributed by atoms with E-state index in [4.69, 9.17) is 9.84 Å². The third kappa shape index (κ3) is 2.54. The molecule has 2 aromatic rings. The van der Waals surface area contributed by atoms with Crippen LogP contribution in [-0.2, 0) is 9.53 Å². The first-order valence-electron chi connectivity index (χ1n) is 5.89. The summed E-state index contributed by atoms with van der Waals surface area (Å²) < 4.78 is 5.45. The Balaban J connectivity index is 1.64. The van der Waals surface area contributed by atoms with Crippen molar-refractivity contribution in [2.45, 2.75) is 30.1 Å². The van der Waals surface area contributed by atoms with Gasteiger partial charge >= 0.3 is 5.97 Å². The molecule has 0 saturated carbocycles. The Morgan fingerprint density at radius 3 is 3.16 bits per heavy atom. The van der Waals surface area contributed by atoms with E-state index in [1.165, 1.54) is 18.1 Å². The van der Waals surface area contributed by atoms with Crippen molar-refractivity contribution in [2.75, 3.05) is 5.75 Å². The number of imidazole rings is 1. The lowest BCUT2D eigenvalue weighted by Crippen LogP contribution is -2.21. The molecule has 100 valence electrons. The maximum atomic E-state index is 10.8. The number of nitrogens with zero attached hydrogens (tertiary/aromatic N) is 3. The molecular formula is C11H12N4O3S. The Morgan fingerprint density at radius 1 is 1.47 bits per heavy atom. The van der Waals surface area contributed by atoms with Crippen LogP contribution < -0.4 is 0 Å². The number of hydrogen-bond donors (Lipinski definition) is 2. The molecule has 3 heterocycles. The van der Waals surface area contributed by atoms with E-state index in [-0.39, 0.29) is 6.10 Å². The summed E-state index contributed by atoms with van der Waals surface area (Å²) in [6.07, 6.45) is 3.68. The van der Waals surface area contributed by atoms with Crippen LogP contribution in [0.25, 0.3) is 11.2 Å². The van der Waals surface area contributed by atoms with Crippen LogP contribution in [0.5, 0.6) is 0 Å². The highest BCUT2D eigenvalue weighted by Crippen LogP contribution is 2.28. The highest BCUT2D eigenvalue weighted by molar-refractivity contribution is 7.99. The maximum absolute atomic E-state index is 10.8. The van der Waals surface area contributed by atoms with Crippen molar-refractivity contribution in [2.24, 2.45) is 0 Å². The Kier molecular flexibility index (Phi) is 3.34. The largest absolute Gasteiger partial charge is 0.479 e. The lowest BCUT2D eigenvalue weighted by atomic mass is 10.2. The van der Waals surface area contributed by atoms with Gasteiger partial charge < -0.3 is 14.8 Å². The molecule has 0 bridgehead atoms.